The molecule has 0 aliphatic rings. The standard InChI is InChI=1S/C29H38IP/c1-2-3-4-5-6-7-8-9-19-26-31(30,27-20-13-10-14-21-27,28-22-15-11-16-23-28)29-24-17-12-18-25-29/h10-18,20-25H,2-9,19,26H2,1H3. The van der Waals surface area contributed by atoms with E-state index in [9.17, 15) is 0 Å². The van der Waals surface area contributed by atoms with Gasteiger partial charge in [0.25, 0.3) is 0 Å². The summed E-state index contributed by atoms with van der Waals surface area (Å²) in [5, 5.41) is 4.52. The summed E-state index contributed by atoms with van der Waals surface area (Å²) in [5.74, 6) is 0. The normalized spacial score (nSPS) is 12.9. The van der Waals surface area contributed by atoms with Crippen LogP contribution < -0.4 is 15.9 Å². The van der Waals surface area contributed by atoms with Crippen LogP contribution >= 0.6 is 26.3 Å². The molecule has 3 aromatic carbocycles. The second-order valence-corrected chi connectivity index (χ2v) is 19.5. The minimum absolute atomic E-state index is 1.24. The van der Waals surface area contributed by atoms with E-state index in [0.717, 1.165) is 0 Å². The Hall–Kier alpha value is -1.18. The third kappa shape index (κ3) is 5.79. The first-order valence-corrected chi connectivity index (χ1v) is 17.3. The van der Waals surface area contributed by atoms with Crippen molar-refractivity contribution in [2.24, 2.45) is 0 Å². The zero-order valence-corrected chi connectivity index (χ0v) is 22.1. The van der Waals surface area contributed by atoms with Crippen molar-refractivity contribution in [1.29, 1.82) is 0 Å². The molecule has 3 aromatic rings. The minimum atomic E-state index is -2.55. The molecule has 0 N–H and O–H groups in total. The van der Waals surface area contributed by atoms with Crippen molar-refractivity contribution in [3.05, 3.63) is 91.0 Å². The molecule has 0 saturated carbocycles. The van der Waals surface area contributed by atoms with Gasteiger partial charge in [-0.15, -0.1) is 0 Å². The average molecular weight is 545 g/mol. The molecule has 0 bridgehead atoms. The molecule has 0 amide bonds. The van der Waals surface area contributed by atoms with Crippen LogP contribution in [0.2, 0.25) is 0 Å². The molecule has 0 spiro atoms. The Morgan fingerprint density at radius 1 is 0.484 bits per heavy atom. The SMILES string of the molecule is CCCCCCCCCCCP(I)(c1ccccc1)(c1ccccc1)c1ccccc1. The van der Waals surface area contributed by atoms with E-state index in [1.54, 1.807) is 0 Å². The second-order valence-electron chi connectivity index (χ2n) is 8.74. The van der Waals surface area contributed by atoms with E-state index in [1.165, 1.54) is 79.9 Å². The molecule has 31 heavy (non-hydrogen) atoms. The van der Waals surface area contributed by atoms with Crippen LogP contribution in [0.25, 0.3) is 0 Å². The summed E-state index contributed by atoms with van der Waals surface area (Å²) in [5.41, 5.74) is 0. The Morgan fingerprint density at radius 3 is 1.16 bits per heavy atom. The van der Waals surface area contributed by atoms with Crippen molar-refractivity contribution >= 4 is 42.2 Å². The Labute approximate surface area is 203 Å². The predicted molar refractivity (Wildman–Crippen MR) is 151 cm³/mol. The van der Waals surface area contributed by atoms with Crippen LogP contribution in [0.15, 0.2) is 91.0 Å². The topological polar surface area (TPSA) is 0 Å². The molecule has 0 atom stereocenters. The maximum atomic E-state index is 2.92. The summed E-state index contributed by atoms with van der Waals surface area (Å²) >= 11 is 2.92. The Balaban J connectivity index is 1.85. The molecule has 3 rings (SSSR count). The Morgan fingerprint density at radius 2 is 0.806 bits per heavy atom. The summed E-state index contributed by atoms with van der Waals surface area (Å²) in [6.45, 7) is 2.29. The number of benzene rings is 3. The van der Waals surface area contributed by atoms with Gasteiger partial charge in [0, 0.05) is 0 Å². The maximum absolute atomic E-state index is 2.92. The monoisotopic (exact) mass is 544 g/mol. The third-order valence-corrected chi connectivity index (χ3v) is 18.3. The van der Waals surface area contributed by atoms with Gasteiger partial charge in [-0.25, -0.2) is 0 Å². The molecule has 0 aromatic heterocycles. The molecule has 2 heteroatoms. The van der Waals surface area contributed by atoms with Crippen molar-refractivity contribution in [3.63, 3.8) is 0 Å². The number of unbranched alkanes of at least 4 members (excludes halogenated alkanes) is 8. The van der Waals surface area contributed by atoms with E-state index in [-0.39, 0.29) is 0 Å². The van der Waals surface area contributed by atoms with Gasteiger partial charge < -0.3 is 0 Å². The molecule has 166 valence electrons. The summed E-state index contributed by atoms with van der Waals surface area (Å²) in [4.78, 5) is 0. The van der Waals surface area contributed by atoms with Gasteiger partial charge in [-0.1, -0.05) is 0 Å². The molecule has 0 saturated heterocycles. The predicted octanol–water partition coefficient (Wildman–Crippen LogP) is 8.40. The zero-order valence-electron chi connectivity index (χ0n) is 19.1. The van der Waals surface area contributed by atoms with Crippen LogP contribution in [0.5, 0.6) is 0 Å². The van der Waals surface area contributed by atoms with E-state index >= 15 is 0 Å². The van der Waals surface area contributed by atoms with Gasteiger partial charge in [-0.2, -0.15) is 0 Å². The molecule has 0 nitrogen and oxygen atoms in total. The van der Waals surface area contributed by atoms with Crippen LogP contribution in [-0.2, 0) is 0 Å². The van der Waals surface area contributed by atoms with E-state index < -0.39 is 4.25 Å². The molecule has 0 heterocycles. The van der Waals surface area contributed by atoms with Crippen molar-refractivity contribution in [2.75, 3.05) is 6.16 Å². The van der Waals surface area contributed by atoms with Crippen LogP contribution in [0.1, 0.15) is 64.7 Å². The molecular formula is C29H38IP. The molecule has 0 fully saturated rings. The van der Waals surface area contributed by atoms with E-state index in [0.29, 0.717) is 0 Å². The molecule has 0 unspecified atom stereocenters. The van der Waals surface area contributed by atoms with Gasteiger partial charge in [-0.05, 0) is 0 Å². The van der Waals surface area contributed by atoms with Crippen LogP contribution in [0.4, 0.5) is 0 Å². The van der Waals surface area contributed by atoms with Crippen LogP contribution in [0, 0.1) is 0 Å². The fraction of sp³-hybridized carbons (Fsp3) is 0.379. The van der Waals surface area contributed by atoms with Gasteiger partial charge in [0.15, 0.2) is 0 Å². The first kappa shape index (κ1) is 24.5. The van der Waals surface area contributed by atoms with Crippen LogP contribution in [-0.4, -0.2) is 6.16 Å². The summed E-state index contributed by atoms with van der Waals surface area (Å²) in [6, 6.07) is 34.0. The van der Waals surface area contributed by atoms with Crippen molar-refractivity contribution < 1.29 is 0 Å². The van der Waals surface area contributed by atoms with Gasteiger partial charge in [0.2, 0.25) is 0 Å². The summed E-state index contributed by atoms with van der Waals surface area (Å²) in [6.07, 6.45) is 13.6. The Kier molecular flexibility index (Phi) is 9.60. The van der Waals surface area contributed by atoms with E-state index in [4.69, 9.17) is 0 Å². The van der Waals surface area contributed by atoms with Gasteiger partial charge >= 0.3 is 204 Å². The fourth-order valence-electron chi connectivity index (χ4n) is 4.77. The molecule has 0 aliphatic heterocycles. The van der Waals surface area contributed by atoms with Crippen molar-refractivity contribution in [2.45, 2.75) is 64.7 Å². The quantitative estimate of drug-likeness (QED) is 0.115. The number of hydrogen-bond acceptors (Lipinski definition) is 0. The molecule has 0 radical (unpaired) electrons. The fourth-order valence-corrected chi connectivity index (χ4v) is 13.6. The van der Waals surface area contributed by atoms with Gasteiger partial charge in [0.1, 0.15) is 0 Å². The van der Waals surface area contributed by atoms with Gasteiger partial charge in [0.05, 0.1) is 0 Å². The van der Waals surface area contributed by atoms with Gasteiger partial charge in [-0.3, -0.25) is 0 Å². The first-order chi connectivity index (χ1) is 15.2. The van der Waals surface area contributed by atoms with Crippen molar-refractivity contribution in [3.8, 4) is 0 Å². The Bertz CT molecular complexity index is 777. The second kappa shape index (κ2) is 12.2. The van der Waals surface area contributed by atoms with Crippen molar-refractivity contribution in [1.82, 2.24) is 0 Å². The molecular weight excluding hydrogens is 506 g/mol. The number of hydrogen-bond donors (Lipinski definition) is 0. The number of rotatable bonds is 13. The van der Waals surface area contributed by atoms with E-state index in [2.05, 4.69) is 120 Å². The third-order valence-electron chi connectivity index (χ3n) is 6.57. The number of halogens is 1. The first-order valence-electron chi connectivity index (χ1n) is 12.1. The van der Waals surface area contributed by atoms with E-state index in [1.807, 2.05) is 0 Å². The average Bonchev–Trinajstić information content (AvgIpc) is 2.84. The summed E-state index contributed by atoms with van der Waals surface area (Å²) < 4.78 is -2.55. The summed E-state index contributed by atoms with van der Waals surface area (Å²) in [7, 11) is 0. The molecule has 0 aliphatic carbocycles. The zero-order chi connectivity index (χ0) is 21.9. The van der Waals surface area contributed by atoms with Crippen LogP contribution in [0.3, 0.4) is 0 Å².